The first-order valence-electron chi connectivity index (χ1n) is 33.5. The van der Waals surface area contributed by atoms with E-state index in [2.05, 4.69) is 20.8 Å². The van der Waals surface area contributed by atoms with E-state index in [1.54, 1.807) is 0 Å². The van der Waals surface area contributed by atoms with Crippen molar-refractivity contribution in [3.8, 4) is 0 Å². The monoisotopic (exact) mass is 1030 g/mol. The fourth-order valence-corrected chi connectivity index (χ4v) is 10.6. The summed E-state index contributed by atoms with van der Waals surface area (Å²) in [6.07, 6.45) is 73.3. The van der Waals surface area contributed by atoms with Gasteiger partial charge in [0.15, 0.2) is 6.10 Å². The first-order chi connectivity index (χ1) is 36.0. The average molecular weight is 1030 g/mol. The van der Waals surface area contributed by atoms with Crippen LogP contribution in [-0.2, 0) is 28.6 Å². The Balaban J connectivity index is 3.87. The Morgan fingerprint density at radius 2 is 0.370 bits per heavy atom. The Bertz CT molecular complexity index is 1090. The third-order valence-electron chi connectivity index (χ3n) is 15.6. The number of rotatable bonds is 63. The van der Waals surface area contributed by atoms with E-state index in [9.17, 15) is 14.4 Å². The average Bonchev–Trinajstić information content (AvgIpc) is 3.39. The van der Waals surface area contributed by atoms with Crippen LogP contribution >= 0.6 is 0 Å². The van der Waals surface area contributed by atoms with E-state index in [4.69, 9.17) is 14.2 Å². The number of ether oxygens (including phenoxy) is 3. The van der Waals surface area contributed by atoms with Gasteiger partial charge in [-0.1, -0.05) is 355 Å². The quantitative estimate of drug-likeness (QED) is 0.0343. The van der Waals surface area contributed by atoms with E-state index < -0.39 is 6.10 Å². The van der Waals surface area contributed by atoms with Crippen molar-refractivity contribution < 1.29 is 28.6 Å². The van der Waals surface area contributed by atoms with Crippen LogP contribution in [0, 0.1) is 0 Å². The number of esters is 3. The summed E-state index contributed by atoms with van der Waals surface area (Å²) >= 11 is 0. The Hall–Kier alpha value is -1.59. The lowest BCUT2D eigenvalue weighted by atomic mass is 10.0. The standard InChI is InChI=1S/C67H130O6/c1-4-7-10-13-15-17-19-21-23-25-27-28-29-30-31-32-33-34-35-36-37-38-40-41-43-45-47-49-51-54-57-60-66(69)72-63-64(62-71-65(68)59-56-53-12-9-6-3)73-67(70)61-58-55-52-50-48-46-44-42-39-26-24-22-20-18-16-14-11-8-5-2/h64H,4-63H2,1-3H3. The molecular formula is C67H130O6. The van der Waals surface area contributed by atoms with Crippen LogP contribution in [0.4, 0.5) is 0 Å². The van der Waals surface area contributed by atoms with Crippen LogP contribution in [0.2, 0.25) is 0 Å². The number of carbonyl (C=O) groups is 3. The van der Waals surface area contributed by atoms with Gasteiger partial charge in [-0.25, -0.2) is 0 Å². The van der Waals surface area contributed by atoms with E-state index >= 15 is 0 Å². The van der Waals surface area contributed by atoms with E-state index in [-0.39, 0.29) is 31.1 Å². The molecule has 6 heteroatoms. The maximum Gasteiger partial charge on any atom is 0.306 e. The second-order valence-corrected chi connectivity index (χ2v) is 23.1. The molecule has 0 aliphatic carbocycles. The van der Waals surface area contributed by atoms with E-state index in [1.807, 2.05) is 0 Å². The van der Waals surface area contributed by atoms with Crippen LogP contribution in [0.15, 0.2) is 0 Å². The summed E-state index contributed by atoms with van der Waals surface area (Å²) in [6.45, 7) is 6.64. The SMILES string of the molecule is CCCCCCCCCCCCCCCCCCCCCCCCCCCCCCCCCC(=O)OCC(COC(=O)CCCCCCC)OC(=O)CCCCCCCCCCCCCCCCCCCCC. The zero-order valence-electron chi connectivity index (χ0n) is 50.0. The predicted octanol–water partition coefficient (Wildman–Crippen LogP) is 22.7. The Morgan fingerprint density at radius 1 is 0.219 bits per heavy atom. The van der Waals surface area contributed by atoms with Crippen molar-refractivity contribution >= 4 is 17.9 Å². The molecule has 0 bridgehead atoms. The Morgan fingerprint density at radius 3 is 0.548 bits per heavy atom. The molecule has 0 fully saturated rings. The van der Waals surface area contributed by atoms with Crippen LogP contribution in [0.1, 0.15) is 393 Å². The van der Waals surface area contributed by atoms with Gasteiger partial charge in [-0.3, -0.25) is 14.4 Å². The number of carbonyl (C=O) groups excluding carboxylic acids is 3. The molecule has 0 saturated carbocycles. The minimum Gasteiger partial charge on any atom is -0.462 e. The molecule has 0 aromatic heterocycles. The van der Waals surface area contributed by atoms with E-state index in [0.29, 0.717) is 19.3 Å². The summed E-state index contributed by atoms with van der Waals surface area (Å²) in [5.41, 5.74) is 0. The van der Waals surface area contributed by atoms with Gasteiger partial charge in [0.25, 0.3) is 0 Å². The zero-order valence-corrected chi connectivity index (χ0v) is 50.0. The molecule has 0 aromatic carbocycles. The lowest BCUT2D eigenvalue weighted by Gasteiger charge is -2.18. The van der Waals surface area contributed by atoms with E-state index in [0.717, 1.165) is 64.2 Å². The highest BCUT2D eigenvalue weighted by Crippen LogP contribution is 2.19. The van der Waals surface area contributed by atoms with Crippen molar-refractivity contribution in [1.82, 2.24) is 0 Å². The normalized spacial score (nSPS) is 11.9. The summed E-state index contributed by atoms with van der Waals surface area (Å²) in [4.78, 5) is 37.9. The topological polar surface area (TPSA) is 78.9 Å². The first-order valence-corrected chi connectivity index (χ1v) is 33.5. The van der Waals surface area contributed by atoms with Crippen LogP contribution in [0.25, 0.3) is 0 Å². The lowest BCUT2D eigenvalue weighted by molar-refractivity contribution is -0.167. The molecule has 0 amide bonds. The molecule has 434 valence electrons. The van der Waals surface area contributed by atoms with Crippen molar-refractivity contribution in [2.45, 2.75) is 399 Å². The predicted molar refractivity (Wildman–Crippen MR) is 317 cm³/mol. The summed E-state index contributed by atoms with van der Waals surface area (Å²) in [7, 11) is 0. The van der Waals surface area contributed by atoms with Gasteiger partial charge in [0, 0.05) is 19.3 Å². The third kappa shape index (κ3) is 61.1. The van der Waals surface area contributed by atoms with Gasteiger partial charge >= 0.3 is 17.9 Å². The minimum absolute atomic E-state index is 0.0623. The summed E-state index contributed by atoms with van der Waals surface area (Å²) in [5.74, 6) is -0.846. The maximum absolute atomic E-state index is 12.8. The second kappa shape index (κ2) is 62.9. The van der Waals surface area contributed by atoms with Gasteiger partial charge in [0.2, 0.25) is 0 Å². The molecule has 0 aromatic rings. The third-order valence-corrected chi connectivity index (χ3v) is 15.6. The van der Waals surface area contributed by atoms with E-state index in [1.165, 1.54) is 289 Å². The van der Waals surface area contributed by atoms with Gasteiger partial charge < -0.3 is 14.2 Å². The molecule has 0 spiro atoms. The molecule has 0 heterocycles. The maximum atomic E-state index is 12.8. The molecule has 0 aliphatic heterocycles. The van der Waals surface area contributed by atoms with Gasteiger partial charge in [0.05, 0.1) is 0 Å². The Labute approximate surface area is 457 Å². The molecule has 0 saturated heterocycles. The summed E-state index contributed by atoms with van der Waals surface area (Å²) in [6, 6.07) is 0. The molecule has 6 nitrogen and oxygen atoms in total. The fraction of sp³-hybridized carbons (Fsp3) is 0.955. The van der Waals surface area contributed by atoms with Crippen molar-refractivity contribution in [2.75, 3.05) is 13.2 Å². The number of hydrogen-bond donors (Lipinski definition) is 0. The van der Waals surface area contributed by atoms with Crippen LogP contribution in [0.3, 0.4) is 0 Å². The second-order valence-electron chi connectivity index (χ2n) is 23.1. The van der Waals surface area contributed by atoms with Gasteiger partial charge in [0.1, 0.15) is 13.2 Å². The number of unbranched alkanes of at least 4 members (excludes halogenated alkanes) is 52. The van der Waals surface area contributed by atoms with Crippen molar-refractivity contribution in [3.05, 3.63) is 0 Å². The fourth-order valence-electron chi connectivity index (χ4n) is 10.6. The van der Waals surface area contributed by atoms with Gasteiger partial charge in [-0.05, 0) is 19.3 Å². The van der Waals surface area contributed by atoms with Crippen molar-refractivity contribution in [3.63, 3.8) is 0 Å². The van der Waals surface area contributed by atoms with Crippen LogP contribution in [0.5, 0.6) is 0 Å². The molecule has 0 N–H and O–H groups in total. The van der Waals surface area contributed by atoms with Gasteiger partial charge in [-0.2, -0.15) is 0 Å². The smallest absolute Gasteiger partial charge is 0.306 e. The van der Waals surface area contributed by atoms with Crippen molar-refractivity contribution in [1.29, 1.82) is 0 Å². The molecular weight excluding hydrogens is 901 g/mol. The van der Waals surface area contributed by atoms with Gasteiger partial charge in [-0.15, -0.1) is 0 Å². The molecule has 0 rings (SSSR count). The molecule has 73 heavy (non-hydrogen) atoms. The highest BCUT2D eigenvalue weighted by molar-refractivity contribution is 5.71. The zero-order chi connectivity index (χ0) is 52.9. The summed E-state index contributed by atoms with van der Waals surface area (Å²) in [5, 5.41) is 0. The molecule has 1 unspecified atom stereocenters. The summed E-state index contributed by atoms with van der Waals surface area (Å²) < 4.78 is 16.8. The highest BCUT2D eigenvalue weighted by atomic mass is 16.6. The molecule has 1 atom stereocenters. The number of hydrogen-bond acceptors (Lipinski definition) is 6. The minimum atomic E-state index is -0.760. The molecule has 0 aliphatic rings. The first kappa shape index (κ1) is 71.4. The van der Waals surface area contributed by atoms with Crippen molar-refractivity contribution in [2.24, 2.45) is 0 Å². The largest absolute Gasteiger partial charge is 0.462 e. The molecule has 0 radical (unpaired) electrons. The highest BCUT2D eigenvalue weighted by Gasteiger charge is 2.19. The van der Waals surface area contributed by atoms with Crippen LogP contribution in [-0.4, -0.2) is 37.2 Å². The van der Waals surface area contributed by atoms with Crippen LogP contribution < -0.4 is 0 Å². The Kier molecular flexibility index (Phi) is 61.6. The lowest BCUT2D eigenvalue weighted by Crippen LogP contribution is -2.30.